The summed E-state index contributed by atoms with van der Waals surface area (Å²) in [6.45, 7) is 2.02. The summed E-state index contributed by atoms with van der Waals surface area (Å²) in [7, 11) is 0. The molecule has 148 valence electrons. The molecule has 2 N–H and O–H groups in total. The monoisotopic (exact) mass is 382 g/mol. The van der Waals surface area contributed by atoms with Gasteiger partial charge in [-0.2, -0.15) is 0 Å². The van der Waals surface area contributed by atoms with Gasteiger partial charge in [0.25, 0.3) is 0 Å². The van der Waals surface area contributed by atoms with Crippen LogP contribution in [0.2, 0.25) is 0 Å². The molecule has 0 saturated heterocycles. The lowest BCUT2D eigenvalue weighted by Gasteiger charge is -2.62. The zero-order valence-corrected chi connectivity index (χ0v) is 16.2. The molecule has 28 heavy (non-hydrogen) atoms. The molecule has 4 aliphatic carbocycles. The second kappa shape index (κ2) is 5.25. The second-order valence-corrected chi connectivity index (χ2v) is 10.4. The molecule has 4 atom stereocenters. The van der Waals surface area contributed by atoms with E-state index in [1.165, 1.54) is 12.5 Å². The fraction of sp³-hybridized carbons (Fsp3) is 0.609. The van der Waals surface area contributed by atoms with Gasteiger partial charge in [-0.3, -0.25) is 0 Å². The summed E-state index contributed by atoms with van der Waals surface area (Å²) >= 11 is 0. The number of fused-ring (bicyclic) bond motifs is 3. The Kier molecular flexibility index (Phi) is 3.22. The molecule has 2 heterocycles. The molecule has 1 aromatic heterocycles. The van der Waals surface area contributed by atoms with E-state index in [1.807, 2.05) is 17.6 Å². The van der Waals surface area contributed by atoms with Gasteiger partial charge < -0.3 is 14.8 Å². The lowest BCUT2D eigenvalue weighted by atomic mass is 9.46. The molecule has 4 nitrogen and oxygen atoms in total. The lowest BCUT2D eigenvalue weighted by molar-refractivity contribution is -0.198. The van der Waals surface area contributed by atoms with Crippen LogP contribution in [0, 0.1) is 23.1 Å². The van der Waals surface area contributed by atoms with Crippen molar-refractivity contribution in [1.29, 1.82) is 0 Å². The van der Waals surface area contributed by atoms with Gasteiger partial charge in [0.05, 0.1) is 35.5 Å². The Morgan fingerprint density at radius 1 is 1.25 bits per heavy atom. The molecule has 4 saturated carbocycles. The van der Waals surface area contributed by atoms with Crippen LogP contribution in [0.5, 0.6) is 0 Å². The minimum Gasteiger partial charge on any atom is -0.392 e. The maximum atomic E-state index is 14.9. The first-order valence-electron chi connectivity index (χ1n) is 10.5. The first kappa shape index (κ1) is 17.2. The average Bonchev–Trinajstić information content (AvgIpc) is 3.16. The molecule has 5 aliphatic rings. The van der Waals surface area contributed by atoms with Gasteiger partial charge in [0.2, 0.25) is 0 Å². The van der Waals surface area contributed by atoms with Crippen molar-refractivity contribution in [1.82, 2.24) is 9.55 Å². The lowest BCUT2D eigenvalue weighted by Crippen LogP contribution is -2.60. The number of nitrogens with zero attached hydrogens (tertiary/aromatic N) is 2. The first-order chi connectivity index (χ1) is 13.3. The third-order valence-corrected chi connectivity index (χ3v) is 8.37. The highest BCUT2D eigenvalue weighted by Gasteiger charge is 2.60. The quantitative estimate of drug-likeness (QED) is 0.848. The maximum Gasteiger partial charge on any atom is 0.129 e. The van der Waals surface area contributed by atoms with Gasteiger partial charge >= 0.3 is 0 Å². The van der Waals surface area contributed by atoms with E-state index >= 15 is 0 Å². The number of rotatable bonds is 3. The summed E-state index contributed by atoms with van der Waals surface area (Å²) in [6, 6.07) is 5.19. The Hall–Kier alpha value is -1.72. The molecule has 0 spiro atoms. The van der Waals surface area contributed by atoms with Gasteiger partial charge in [-0.25, -0.2) is 9.37 Å². The standard InChI is InChI=1S/C23H27FN2O2/c1-21(20-16(3-2-4-17(20)24)18-11-25-13-26(18)21)10-19(27)22-6-14-5-15(7-22)9-23(28,8-14)12-22/h2-4,11,13-15,19,27-28H,5-10,12H2,1H3/t14?,15?,19-,21-,22?,23?/m1/s1. The van der Waals surface area contributed by atoms with Crippen LogP contribution in [0.25, 0.3) is 11.3 Å². The number of benzene rings is 1. The van der Waals surface area contributed by atoms with Crippen LogP contribution in [-0.4, -0.2) is 31.5 Å². The fourth-order valence-electron chi connectivity index (χ4n) is 7.76. The van der Waals surface area contributed by atoms with Crippen molar-refractivity contribution < 1.29 is 14.6 Å². The smallest absolute Gasteiger partial charge is 0.129 e. The van der Waals surface area contributed by atoms with Gasteiger partial charge in [0.15, 0.2) is 0 Å². The second-order valence-electron chi connectivity index (χ2n) is 10.4. The van der Waals surface area contributed by atoms with E-state index in [0.717, 1.165) is 36.9 Å². The number of hydrogen-bond donors (Lipinski definition) is 2. The van der Waals surface area contributed by atoms with Crippen LogP contribution in [-0.2, 0) is 5.54 Å². The SMILES string of the molecule is C[C@@]1(C[C@@H](O)C23CC4CC(CC(O)(C4)C2)C3)c2c(F)cccc2-c2cncn21. The molecule has 0 amide bonds. The molecule has 0 radical (unpaired) electrons. The molecule has 2 aromatic rings. The van der Waals surface area contributed by atoms with Crippen LogP contribution >= 0.6 is 0 Å². The summed E-state index contributed by atoms with van der Waals surface area (Å²) in [5.41, 5.74) is 0.930. The zero-order valence-electron chi connectivity index (χ0n) is 16.2. The van der Waals surface area contributed by atoms with Crippen molar-refractivity contribution in [3.63, 3.8) is 0 Å². The summed E-state index contributed by atoms with van der Waals surface area (Å²) in [6.07, 6.45) is 9.04. The maximum absolute atomic E-state index is 14.9. The largest absolute Gasteiger partial charge is 0.392 e. The van der Waals surface area contributed by atoms with Crippen molar-refractivity contribution in [2.24, 2.45) is 17.3 Å². The third kappa shape index (κ3) is 2.09. The van der Waals surface area contributed by atoms with Crippen molar-refractivity contribution >= 4 is 0 Å². The predicted molar refractivity (Wildman–Crippen MR) is 103 cm³/mol. The number of aromatic nitrogens is 2. The molecule has 1 aliphatic heterocycles. The summed E-state index contributed by atoms with van der Waals surface area (Å²) in [5.74, 6) is 0.815. The Balaban J connectivity index is 1.40. The number of imidazole rings is 1. The average molecular weight is 382 g/mol. The van der Waals surface area contributed by atoms with Gasteiger partial charge in [0.1, 0.15) is 5.82 Å². The van der Waals surface area contributed by atoms with Crippen molar-refractivity contribution in [2.45, 2.75) is 69.1 Å². The van der Waals surface area contributed by atoms with E-state index in [0.29, 0.717) is 30.2 Å². The van der Waals surface area contributed by atoms with E-state index in [1.54, 1.807) is 18.6 Å². The molecule has 1 aromatic carbocycles. The molecule has 2 unspecified atom stereocenters. The van der Waals surface area contributed by atoms with E-state index in [4.69, 9.17) is 0 Å². The number of halogens is 1. The third-order valence-electron chi connectivity index (χ3n) is 8.37. The van der Waals surface area contributed by atoms with Gasteiger partial charge in [-0.1, -0.05) is 12.1 Å². The van der Waals surface area contributed by atoms with E-state index in [2.05, 4.69) is 4.98 Å². The van der Waals surface area contributed by atoms with Crippen molar-refractivity contribution in [3.8, 4) is 11.3 Å². The minimum absolute atomic E-state index is 0.222. The summed E-state index contributed by atoms with van der Waals surface area (Å²) in [4.78, 5) is 4.30. The zero-order chi connectivity index (χ0) is 19.3. The molecule has 4 bridgehead atoms. The van der Waals surface area contributed by atoms with E-state index in [9.17, 15) is 14.6 Å². The van der Waals surface area contributed by atoms with E-state index in [-0.39, 0.29) is 11.2 Å². The summed E-state index contributed by atoms with van der Waals surface area (Å²) in [5, 5.41) is 22.6. The Bertz CT molecular complexity index is 955. The predicted octanol–water partition coefficient (Wildman–Crippen LogP) is 3.85. The molecular formula is C23H27FN2O2. The Morgan fingerprint density at radius 3 is 2.71 bits per heavy atom. The molecular weight excluding hydrogens is 355 g/mol. The normalized spacial score (nSPS) is 41.1. The van der Waals surface area contributed by atoms with Crippen molar-refractivity contribution in [3.05, 3.63) is 42.1 Å². The minimum atomic E-state index is -0.669. The highest BCUT2D eigenvalue weighted by atomic mass is 19.1. The summed E-state index contributed by atoms with van der Waals surface area (Å²) < 4.78 is 17.0. The van der Waals surface area contributed by atoms with Gasteiger partial charge in [-0.05, 0) is 68.8 Å². The Labute approximate surface area is 164 Å². The van der Waals surface area contributed by atoms with Crippen LogP contribution in [0.4, 0.5) is 4.39 Å². The van der Waals surface area contributed by atoms with Crippen LogP contribution < -0.4 is 0 Å². The molecule has 7 rings (SSSR count). The van der Waals surface area contributed by atoms with Crippen LogP contribution in [0.1, 0.15) is 57.4 Å². The van der Waals surface area contributed by atoms with Crippen molar-refractivity contribution in [2.75, 3.05) is 0 Å². The first-order valence-corrected chi connectivity index (χ1v) is 10.5. The van der Waals surface area contributed by atoms with Gasteiger partial charge in [-0.15, -0.1) is 0 Å². The highest BCUT2D eigenvalue weighted by Crippen LogP contribution is 2.64. The van der Waals surface area contributed by atoms with Crippen LogP contribution in [0.3, 0.4) is 0 Å². The Morgan fingerprint density at radius 2 is 2.00 bits per heavy atom. The number of aliphatic hydroxyl groups is 2. The number of hydrogen-bond acceptors (Lipinski definition) is 3. The van der Waals surface area contributed by atoms with E-state index < -0.39 is 17.2 Å². The van der Waals surface area contributed by atoms with Gasteiger partial charge in [0, 0.05) is 17.5 Å². The topological polar surface area (TPSA) is 58.3 Å². The highest BCUT2D eigenvalue weighted by molar-refractivity contribution is 5.71. The molecule has 5 heteroatoms. The molecule has 4 fully saturated rings. The fourth-order valence-corrected chi connectivity index (χ4v) is 7.76. The number of aliphatic hydroxyl groups excluding tert-OH is 1. The van der Waals surface area contributed by atoms with Crippen LogP contribution in [0.15, 0.2) is 30.7 Å².